The molecule has 1 rings (SSSR count). The van der Waals surface area contributed by atoms with Crippen LogP contribution in [0.4, 0.5) is 18.0 Å². The van der Waals surface area contributed by atoms with Gasteiger partial charge in [0, 0.05) is 12.0 Å². The molecule has 0 bridgehead atoms. The van der Waals surface area contributed by atoms with E-state index in [9.17, 15) is 22.8 Å². The van der Waals surface area contributed by atoms with Gasteiger partial charge < -0.3 is 20.5 Å². The molecule has 3 N–H and O–H groups in total. The minimum Gasteiger partial charge on any atom is -0.497 e. The van der Waals surface area contributed by atoms with Crippen LogP contribution < -0.4 is 15.4 Å². The van der Waals surface area contributed by atoms with Gasteiger partial charge >= 0.3 is 18.2 Å². The second-order valence-corrected chi connectivity index (χ2v) is 6.12. The minimum atomic E-state index is -4.70. The van der Waals surface area contributed by atoms with Crippen LogP contribution in [0.15, 0.2) is 24.3 Å². The second kappa shape index (κ2) is 8.09. The number of amides is 2. The molecular weight excluding hydrogens is 341 g/mol. The Morgan fingerprint density at radius 2 is 1.76 bits per heavy atom. The van der Waals surface area contributed by atoms with Crippen molar-refractivity contribution < 1.29 is 32.6 Å². The van der Waals surface area contributed by atoms with E-state index in [1.165, 1.54) is 45.2 Å². The van der Waals surface area contributed by atoms with Crippen LogP contribution in [0.5, 0.6) is 5.75 Å². The summed E-state index contributed by atoms with van der Waals surface area (Å²) in [6, 6.07) is 1.93. The predicted octanol–water partition coefficient (Wildman–Crippen LogP) is 3.24. The third kappa shape index (κ3) is 6.90. The molecule has 2 amide bonds. The monoisotopic (exact) mass is 362 g/mol. The molecule has 9 heteroatoms. The molecule has 1 aromatic rings. The van der Waals surface area contributed by atoms with Gasteiger partial charge in [-0.1, -0.05) is 12.1 Å². The van der Waals surface area contributed by atoms with Crippen LogP contribution in [0.1, 0.15) is 38.3 Å². The molecule has 0 heterocycles. The van der Waals surface area contributed by atoms with Crippen molar-refractivity contribution in [1.82, 2.24) is 10.6 Å². The number of hydrogen-bond donors (Lipinski definition) is 3. The fourth-order valence-corrected chi connectivity index (χ4v) is 2.11. The molecule has 0 fully saturated rings. The number of urea groups is 1. The Morgan fingerprint density at radius 1 is 1.20 bits per heavy atom. The zero-order valence-corrected chi connectivity index (χ0v) is 14.1. The summed E-state index contributed by atoms with van der Waals surface area (Å²) in [6.45, 7) is 3.07. The normalized spacial score (nSPS) is 13.0. The summed E-state index contributed by atoms with van der Waals surface area (Å²) < 4.78 is 44.8. The standard InChI is InChI=1S/C16H21F3N2O4/c1-15(2,9-8-12(22)23)21-14(24)20-13(16(17,18)19)10-4-6-11(25-3)7-5-10/h4-7,13H,8-9H2,1-3H3,(H,22,23)(H2,20,21,24). The van der Waals surface area contributed by atoms with Gasteiger partial charge in [0.1, 0.15) is 5.75 Å². The Bertz CT molecular complexity index is 600. The Balaban J connectivity index is 2.84. The first kappa shape index (κ1) is 20.6. The highest BCUT2D eigenvalue weighted by Crippen LogP contribution is 2.33. The molecule has 0 aliphatic rings. The third-order valence-electron chi connectivity index (χ3n) is 3.47. The zero-order valence-electron chi connectivity index (χ0n) is 14.1. The molecular formula is C16H21F3N2O4. The zero-order chi connectivity index (χ0) is 19.3. The van der Waals surface area contributed by atoms with Gasteiger partial charge in [0.15, 0.2) is 6.04 Å². The number of alkyl halides is 3. The van der Waals surface area contributed by atoms with Gasteiger partial charge in [-0.05, 0) is 38.0 Å². The van der Waals surface area contributed by atoms with Crippen molar-refractivity contribution >= 4 is 12.0 Å². The topological polar surface area (TPSA) is 87.7 Å². The quantitative estimate of drug-likeness (QED) is 0.695. The largest absolute Gasteiger partial charge is 0.497 e. The second-order valence-electron chi connectivity index (χ2n) is 6.12. The smallest absolute Gasteiger partial charge is 0.412 e. The maximum absolute atomic E-state index is 13.3. The van der Waals surface area contributed by atoms with Gasteiger partial charge in [-0.2, -0.15) is 13.2 Å². The van der Waals surface area contributed by atoms with Crippen LogP contribution in [0.2, 0.25) is 0 Å². The van der Waals surface area contributed by atoms with E-state index in [-0.39, 0.29) is 18.4 Å². The molecule has 1 aromatic carbocycles. The molecule has 25 heavy (non-hydrogen) atoms. The van der Waals surface area contributed by atoms with Gasteiger partial charge in [0.25, 0.3) is 0 Å². The number of ether oxygens (including phenoxy) is 1. The molecule has 0 radical (unpaired) electrons. The number of rotatable bonds is 7. The van der Waals surface area contributed by atoms with Gasteiger partial charge in [0.05, 0.1) is 7.11 Å². The highest BCUT2D eigenvalue weighted by atomic mass is 19.4. The number of hydrogen-bond acceptors (Lipinski definition) is 3. The van der Waals surface area contributed by atoms with Gasteiger partial charge in [0.2, 0.25) is 0 Å². The number of carbonyl (C=O) groups is 2. The van der Waals surface area contributed by atoms with Crippen molar-refractivity contribution in [2.75, 3.05) is 7.11 Å². The Morgan fingerprint density at radius 3 is 2.20 bits per heavy atom. The summed E-state index contributed by atoms with van der Waals surface area (Å²) >= 11 is 0. The molecule has 6 nitrogen and oxygen atoms in total. The number of carboxylic acid groups (broad SMARTS) is 1. The number of halogens is 3. The van der Waals surface area contributed by atoms with Crippen LogP contribution in [0, 0.1) is 0 Å². The molecule has 1 atom stereocenters. The van der Waals surface area contributed by atoms with E-state index in [2.05, 4.69) is 5.32 Å². The molecule has 0 saturated carbocycles. The van der Waals surface area contributed by atoms with Gasteiger partial charge in [-0.3, -0.25) is 4.79 Å². The maximum Gasteiger partial charge on any atom is 0.412 e. The summed E-state index contributed by atoms with van der Waals surface area (Å²) in [5.74, 6) is -0.661. The van der Waals surface area contributed by atoms with E-state index >= 15 is 0 Å². The van der Waals surface area contributed by atoms with E-state index in [0.717, 1.165) is 0 Å². The third-order valence-corrected chi connectivity index (χ3v) is 3.47. The number of carbonyl (C=O) groups excluding carboxylic acids is 1. The van der Waals surface area contributed by atoms with Crippen LogP contribution >= 0.6 is 0 Å². The molecule has 140 valence electrons. The van der Waals surface area contributed by atoms with Crippen molar-refractivity contribution in [3.05, 3.63) is 29.8 Å². The fourth-order valence-electron chi connectivity index (χ4n) is 2.11. The average molecular weight is 362 g/mol. The van der Waals surface area contributed by atoms with E-state index < -0.39 is 29.8 Å². The molecule has 0 aromatic heterocycles. The van der Waals surface area contributed by atoms with Crippen molar-refractivity contribution in [2.24, 2.45) is 0 Å². The number of nitrogens with one attached hydrogen (secondary N) is 2. The fraction of sp³-hybridized carbons (Fsp3) is 0.500. The molecule has 0 saturated heterocycles. The summed E-state index contributed by atoms with van der Waals surface area (Å²) in [5.41, 5.74) is -1.12. The van der Waals surface area contributed by atoms with Crippen molar-refractivity contribution in [1.29, 1.82) is 0 Å². The number of benzene rings is 1. The lowest BCUT2D eigenvalue weighted by Crippen LogP contribution is -2.51. The number of carboxylic acids is 1. The first-order valence-corrected chi connectivity index (χ1v) is 7.46. The van der Waals surface area contributed by atoms with Crippen molar-refractivity contribution in [3.63, 3.8) is 0 Å². The maximum atomic E-state index is 13.3. The van der Waals surface area contributed by atoms with E-state index in [4.69, 9.17) is 9.84 Å². The molecule has 0 aliphatic carbocycles. The Labute approximate surface area is 143 Å². The van der Waals surface area contributed by atoms with Gasteiger partial charge in [-0.15, -0.1) is 0 Å². The predicted molar refractivity (Wildman–Crippen MR) is 84.4 cm³/mol. The first-order chi connectivity index (χ1) is 11.4. The summed E-state index contributed by atoms with van der Waals surface area (Å²) in [5, 5.41) is 12.9. The number of aliphatic carboxylic acids is 1. The Kier molecular flexibility index (Phi) is 6.66. The molecule has 0 aliphatic heterocycles. The Hall–Kier alpha value is -2.45. The van der Waals surface area contributed by atoms with Crippen molar-refractivity contribution in [2.45, 2.75) is 44.4 Å². The average Bonchev–Trinajstić information content (AvgIpc) is 2.49. The summed E-state index contributed by atoms with van der Waals surface area (Å²) in [4.78, 5) is 22.6. The lowest BCUT2D eigenvalue weighted by atomic mass is 9.98. The molecule has 0 spiro atoms. The molecule has 1 unspecified atom stereocenters. The van der Waals surface area contributed by atoms with Crippen LogP contribution in [0.25, 0.3) is 0 Å². The lowest BCUT2D eigenvalue weighted by molar-refractivity contribution is -0.155. The van der Waals surface area contributed by atoms with E-state index in [1.54, 1.807) is 0 Å². The van der Waals surface area contributed by atoms with Crippen LogP contribution in [0.3, 0.4) is 0 Å². The van der Waals surface area contributed by atoms with E-state index in [1.807, 2.05) is 5.32 Å². The highest BCUT2D eigenvalue weighted by molar-refractivity contribution is 5.75. The summed E-state index contributed by atoms with van der Waals surface area (Å²) in [6.07, 6.45) is -4.83. The van der Waals surface area contributed by atoms with Crippen LogP contribution in [-0.4, -0.2) is 35.9 Å². The van der Waals surface area contributed by atoms with Gasteiger partial charge in [-0.25, -0.2) is 4.79 Å². The summed E-state index contributed by atoms with van der Waals surface area (Å²) in [7, 11) is 1.39. The lowest BCUT2D eigenvalue weighted by Gasteiger charge is -2.28. The van der Waals surface area contributed by atoms with Crippen molar-refractivity contribution in [3.8, 4) is 5.75 Å². The first-order valence-electron chi connectivity index (χ1n) is 7.46. The number of methoxy groups -OCH3 is 1. The van der Waals surface area contributed by atoms with Crippen LogP contribution in [-0.2, 0) is 4.79 Å². The SMILES string of the molecule is COc1ccc(C(NC(=O)NC(C)(C)CCC(=O)O)C(F)(F)F)cc1. The minimum absolute atomic E-state index is 0.0783. The van der Waals surface area contributed by atoms with E-state index in [0.29, 0.717) is 5.75 Å². The highest BCUT2D eigenvalue weighted by Gasteiger charge is 2.42.